The highest BCUT2D eigenvalue weighted by Crippen LogP contribution is 2.12. The van der Waals surface area contributed by atoms with Gasteiger partial charge in [0.2, 0.25) is 0 Å². The van der Waals surface area contributed by atoms with Crippen molar-refractivity contribution in [2.75, 3.05) is 0 Å². The van der Waals surface area contributed by atoms with Crippen molar-refractivity contribution < 1.29 is 19.1 Å². The fourth-order valence-corrected chi connectivity index (χ4v) is 1.31. The highest BCUT2D eigenvalue weighted by atomic mass is 127. The van der Waals surface area contributed by atoms with Crippen LogP contribution in [0.3, 0.4) is 0 Å². The van der Waals surface area contributed by atoms with E-state index in [-0.39, 0.29) is 5.56 Å². The Labute approximate surface area is 105 Å². The lowest BCUT2D eigenvalue weighted by Gasteiger charge is -2.09. The first-order chi connectivity index (χ1) is 7.41. The number of halogens is 2. The average Bonchev–Trinajstić information content (AvgIpc) is 2.21. The molecule has 86 valence electrons. The summed E-state index contributed by atoms with van der Waals surface area (Å²) in [7, 11) is 0. The van der Waals surface area contributed by atoms with Gasteiger partial charge in [-0.3, -0.25) is 9.59 Å². The zero-order valence-corrected chi connectivity index (χ0v) is 10.5. The van der Waals surface area contributed by atoms with Gasteiger partial charge in [-0.2, -0.15) is 0 Å². The van der Waals surface area contributed by atoms with Crippen LogP contribution in [0.25, 0.3) is 0 Å². The van der Waals surface area contributed by atoms with Crippen molar-refractivity contribution in [3.8, 4) is 0 Å². The number of carbonyl (C=O) groups is 2. The maximum atomic E-state index is 13.1. The highest BCUT2D eigenvalue weighted by molar-refractivity contribution is 14.1. The van der Waals surface area contributed by atoms with Gasteiger partial charge in [-0.15, -0.1) is 0 Å². The number of carboxylic acid groups (broad SMARTS) is 1. The molecule has 1 aromatic rings. The van der Waals surface area contributed by atoms with Crippen molar-refractivity contribution in [1.29, 1.82) is 0 Å². The van der Waals surface area contributed by atoms with Crippen molar-refractivity contribution >= 4 is 34.5 Å². The average molecular weight is 337 g/mol. The van der Waals surface area contributed by atoms with E-state index in [1.54, 1.807) is 22.6 Å². The number of benzene rings is 1. The van der Waals surface area contributed by atoms with Gasteiger partial charge < -0.3 is 10.4 Å². The van der Waals surface area contributed by atoms with E-state index in [9.17, 15) is 14.0 Å². The number of nitrogens with one attached hydrogen (secondary N) is 1. The maximum Gasteiger partial charge on any atom is 0.325 e. The van der Waals surface area contributed by atoms with Crippen molar-refractivity contribution in [2.45, 2.75) is 13.0 Å². The Morgan fingerprint density at radius 3 is 2.62 bits per heavy atom. The number of amides is 1. The minimum atomic E-state index is -1.14. The van der Waals surface area contributed by atoms with Crippen molar-refractivity contribution in [3.63, 3.8) is 0 Å². The number of aliphatic carboxylic acids is 1. The van der Waals surface area contributed by atoms with E-state index in [1.165, 1.54) is 19.1 Å². The summed E-state index contributed by atoms with van der Waals surface area (Å²) in [6.45, 7) is 1.34. The van der Waals surface area contributed by atoms with E-state index < -0.39 is 23.7 Å². The Balaban J connectivity index is 2.81. The number of carbonyl (C=O) groups excluding carboxylic acids is 1. The van der Waals surface area contributed by atoms with Gasteiger partial charge in [0.15, 0.2) is 0 Å². The number of rotatable bonds is 3. The first-order valence-corrected chi connectivity index (χ1v) is 5.48. The third-order valence-corrected chi connectivity index (χ3v) is 2.77. The summed E-state index contributed by atoms with van der Waals surface area (Å²) in [4.78, 5) is 22.0. The van der Waals surface area contributed by atoms with Crippen LogP contribution in [0, 0.1) is 9.39 Å². The molecule has 0 aliphatic heterocycles. The fraction of sp³-hybridized carbons (Fsp3) is 0.200. The summed E-state index contributed by atoms with van der Waals surface area (Å²) in [6.07, 6.45) is 0. The molecule has 0 aliphatic carbocycles. The van der Waals surface area contributed by atoms with Crippen LogP contribution < -0.4 is 5.32 Å². The van der Waals surface area contributed by atoms with E-state index in [4.69, 9.17) is 5.11 Å². The SMILES string of the molecule is CC(NC(=O)c1ccc(I)c(F)c1)C(=O)O. The summed E-state index contributed by atoms with van der Waals surface area (Å²) >= 11 is 1.80. The molecule has 1 amide bonds. The highest BCUT2D eigenvalue weighted by Gasteiger charge is 2.15. The molecule has 2 N–H and O–H groups in total. The predicted molar refractivity (Wildman–Crippen MR) is 63.7 cm³/mol. The molecule has 0 aromatic heterocycles. The zero-order valence-electron chi connectivity index (χ0n) is 8.33. The minimum Gasteiger partial charge on any atom is -0.480 e. The monoisotopic (exact) mass is 337 g/mol. The topological polar surface area (TPSA) is 66.4 Å². The van der Waals surface area contributed by atoms with Crippen molar-refractivity contribution in [3.05, 3.63) is 33.1 Å². The lowest BCUT2D eigenvalue weighted by Crippen LogP contribution is -2.38. The first kappa shape index (κ1) is 12.9. The molecule has 0 radical (unpaired) electrons. The van der Waals surface area contributed by atoms with Gasteiger partial charge in [0, 0.05) is 9.13 Å². The number of hydrogen-bond acceptors (Lipinski definition) is 2. The van der Waals surface area contributed by atoms with Gasteiger partial charge in [-0.1, -0.05) is 0 Å². The minimum absolute atomic E-state index is 0.103. The number of hydrogen-bond donors (Lipinski definition) is 2. The third-order valence-electron chi connectivity index (χ3n) is 1.90. The molecule has 1 rings (SSSR count). The Hall–Kier alpha value is -1.18. The largest absolute Gasteiger partial charge is 0.480 e. The van der Waals surface area contributed by atoms with E-state index in [1.807, 2.05) is 0 Å². The van der Waals surface area contributed by atoms with Gasteiger partial charge in [0.25, 0.3) is 5.91 Å². The lowest BCUT2D eigenvalue weighted by molar-refractivity contribution is -0.138. The maximum absolute atomic E-state index is 13.1. The Bertz CT molecular complexity index is 436. The van der Waals surface area contributed by atoms with Crippen LogP contribution in [0.2, 0.25) is 0 Å². The summed E-state index contributed by atoms with van der Waals surface area (Å²) < 4.78 is 13.5. The molecular formula is C10H9FINO3. The predicted octanol–water partition coefficient (Wildman–Crippen LogP) is 1.63. The Morgan fingerprint density at radius 2 is 2.12 bits per heavy atom. The van der Waals surface area contributed by atoms with E-state index >= 15 is 0 Å². The van der Waals surface area contributed by atoms with Crippen LogP contribution in [-0.2, 0) is 4.79 Å². The van der Waals surface area contributed by atoms with E-state index in [0.717, 1.165) is 6.07 Å². The van der Waals surface area contributed by atoms with E-state index in [0.29, 0.717) is 3.57 Å². The molecule has 0 fully saturated rings. The molecule has 16 heavy (non-hydrogen) atoms. The number of carboxylic acids is 1. The van der Waals surface area contributed by atoms with Crippen LogP contribution in [0.4, 0.5) is 4.39 Å². The molecular weight excluding hydrogens is 328 g/mol. The Kier molecular flexibility index (Phi) is 4.22. The smallest absolute Gasteiger partial charge is 0.325 e. The fourth-order valence-electron chi connectivity index (χ4n) is 0.979. The van der Waals surface area contributed by atoms with Gasteiger partial charge in [-0.25, -0.2) is 4.39 Å². The second-order valence-electron chi connectivity index (χ2n) is 3.16. The summed E-state index contributed by atoms with van der Waals surface area (Å²) in [6, 6.07) is 2.96. The normalized spacial score (nSPS) is 11.9. The van der Waals surface area contributed by atoms with Gasteiger partial charge in [0.05, 0.1) is 0 Å². The molecule has 0 aliphatic rings. The molecule has 1 unspecified atom stereocenters. The molecule has 0 bridgehead atoms. The van der Waals surface area contributed by atoms with Crippen LogP contribution in [-0.4, -0.2) is 23.0 Å². The molecule has 6 heteroatoms. The lowest BCUT2D eigenvalue weighted by atomic mass is 10.2. The second-order valence-corrected chi connectivity index (χ2v) is 4.32. The summed E-state index contributed by atoms with van der Waals surface area (Å²) in [5, 5.41) is 10.8. The van der Waals surface area contributed by atoms with Gasteiger partial charge >= 0.3 is 5.97 Å². The summed E-state index contributed by atoms with van der Waals surface area (Å²) in [5.41, 5.74) is 0.103. The first-order valence-electron chi connectivity index (χ1n) is 4.40. The van der Waals surface area contributed by atoms with E-state index in [2.05, 4.69) is 5.32 Å². The molecule has 0 saturated carbocycles. The van der Waals surface area contributed by atoms with Crippen LogP contribution in [0.15, 0.2) is 18.2 Å². The van der Waals surface area contributed by atoms with Crippen LogP contribution in [0.5, 0.6) is 0 Å². The molecule has 0 saturated heterocycles. The summed E-state index contributed by atoms with van der Waals surface area (Å²) in [5.74, 6) is -2.25. The van der Waals surface area contributed by atoms with Crippen molar-refractivity contribution in [2.24, 2.45) is 0 Å². The van der Waals surface area contributed by atoms with Crippen LogP contribution >= 0.6 is 22.6 Å². The second kappa shape index (κ2) is 5.24. The molecule has 1 atom stereocenters. The van der Waals surface area contributed by atoms with Crippen LogP contribution in [0.1, 0.15) is 17.3 Å². The molecule has 0 spiro atoms. The molecule has 0 heterocycles. The van der Waals surface area contributed by atoms with Crippen molar-refractivity contribution in [1.82, 2.24) is 5.32 Å². The molecule has 1 aromatic carbocycles. The molecule has 4 nitrogen and oxygen atoms in total. The van der Waals surface area contributed by atoms with Gasteiger partial charge in [-0.05, 0) is 47.7 Å². The standard InChI is InChI=1S/C10H9FINO3/c1-5(10(15)16)13-9(14)6-2-3-8(12)7(11)4-6/h2-5H,1H3,(H,13,14)(H,15,16). The zero-order chi connectivity index (χ0) is 12.3. The Morgan fingerprint density at radius 1 is 1.50 bits per heavy atom. The third kappa shape index (κ3) is 3.16. The van der Waals surface area contributed by atoms with Gasteiger partial charge in [0.1, 0.15) is 11.9 Å². The quantitative estimate of drug-likeness (QED) is 0.824.